The third-order valence-corrected chi connectivity index (χ3v) is 0.686. The quantitative estimate of drug-likeness (QED) is 0.196. The molecule has 0 heterocycles. The molecule has 0 aliphatic carbocycles. The molecule has 11 heteroatoms. The minimum atomic E-state index is -5.17. The molecule has 0 radical (unpaired) electrons. The van der Waals surface area contributed by atoms with Crippen molar-refractivity contribution in [3.63, 3.8) is 0 Å². The van der Waals surface area contributed by atoms with Crippen molar-refractivity contribution < 1.29 is 43.1 Å². The molecule has 0 rings (SSSR count). The molecule has 1 unspecified atom stereocenters. The van der Waals surface area contributed by atoms with Crippen molar-refractivity contribution in [1.29, 1.82) is 0 Å². The molecule has 0 fully saturated rings. The molecule has 0 saturated heterocycles. The van der Waals surface area contributed by atoms with Crippen LogP contribution in [0, 0.1) is 0 Å². The fourth-order valence-corrected chi connectivity index (χ4v) is 0.0577. The molecule has 0 spiro atoms. The minimum Gasteiger partial charge on any atom is -0.759 e. The molecule has 0 aromatic rings. The van der Waals surface area contributed by atoms with Gasteiger partial charge in [0.15, 0.2) is 0 Å². The van der Waals surface area contributed by atoms with Gasteiger partial charge < -0.3 is 34.6 Å². The maximum atomic E-state index is 8.52. The van der Waals surface area contributed by atoms with E-state index in [2.05, 4.69) is 0 Å². The van der Waals surface area contributed by atoms with Crippen molar-refractivity contribution in [2.24, 2.45) is 0 Å². The predicted octanol–water partition coefficient (Wildman–Crippen LogP) is -4.03. The van der Waals surface area contributed by atoms with Crippen molar-refractivity contribution in [1.82, 2.24) is 0 Å². The fourth-order valence-electron chi connectivity index (χ4n) is 0.0577. The molecular weight excluding hydrogens is 272 g/mol. The van der Waals surface area contributed by atoms with Crippen LogP contribution in [-0.4, -0.2) is 98.1 Å². The van der Waals surface area contributed by atoms with Gasteiger partial charge in [-0.15, -0.1) is 0 Å². The molecule has 0 saturated carbocycles. The van der Waals surface area contributed by atoms with E-state index >= 15 is 0 Å². The Labute approximate surface area is 115 Å². The van der Waals surface area contributed by atoms with Crippen LogP contribution in [0.5, 0.6) is 0 Å². The second-order valence-electron chi connectivity index (χ2n) is 2.46. The third-order valence-electron chi connectivity index (χ3n) is 0.686. The molecule has 0 aromatic heterocycles. The first-order valence-electron chi connectivity index (χ1n) is 3.93. The fraction of sp³-hybridized carbons (Fsp3) is 1.00. The van der Waals surface area contributed by atoms with Gasteiger partial charge in [0.25, 0.3) is 0 Å². The summed E-state index contributed by atoms with van der Waals surface area (Å²) in [5.74, 6) is 0. The van der Waals surface area contributed by atoms with E-state index in [0.717, 1.165) is 0 Å². The summed E-state index contributed by atoms with van der Waals surface area (Å²) in [5, 5.41) is 40.0. The van der Waals surface area contributed by atoms with Crippen LogP contribution in [0.2, 0.25) is 0 Å². The number of aliphatic hydroxyl groups excluding tert-OH is 5. The Morgan fingerprint density at radius 1 is 1.00 bits per heavy atom. The maximum Gasteiger partial charge on any atom is 2.00 e. The Kier molecular flexibility index (Phi) is 25.2. The van der Waals surface area contributed by atoms with Gasteiger partial charge in [-0.05, 0) is 6.92 Å². The van der Waals surface area contributed by atoms with Gasteiger partial charge in [0.05, 0.1) is 25.9 Å². The van der Waals surface area contributed by atoms with Gasteiger partial charge in [-0.1, -0.05) is 0 Å². The summed E-state index contributed by atoms with van der Waals surface area (Å²) in [4.78, 5) is 0. The standard InChI is InChI=1S/C3H8O3.C3H8O2.Mg.H2O4S/c4-1-3(6)2-5;1-3(5)2-4;;1-5(2,3)4/h3-6H,1-2H2;3-5H,2H2,1H3;;(H2,1,2,3,4)/q;;+2;/p-2. The van der Waals surface area contributed by atoms with Crippen molar-refractivity contribution in [3.8, 4) is 0 Å². The normalized spacial score (nSPS) is 11.4. The average molecular weight is 289 g/mol. The van der Waals surface area contributed by atoms with Crippen LogP contribution in [0.3, 0.4) is 0 Å². The monoisotopic (exact) mass is 288 g/mol. The molecule has 0 amide bonds. The molecule has 1 atom stereocenters. The van der Waals surface area contributed by atoms with Crippen LogP contribution in [-0.2, 0) is 10.4 Å². The van der Waals surface area contributed by atoms with Crippen molar-refractivity contribution in [3.05, 3.63) is 0 Å². The molecule has 5 N–H and O–H groups in total. The van der Waals surface area contributed by atoms with Crippen molar-refractivity contribution >= 4 is 33.5 Å². The Balaban J connectivity index is -0.0000000729. The predicted molar refractivity (Wildman–Crippen MR) is 55.2 cm³/mol. The first kappa shape index (κ1) is 26.1. The third kappa shape index (κ3) is 82.7. The summed E-state index contributed by atoms with van der Waals surface area (Å²) in [5.41, 5.74) is 0. The molecule has 17 heavy (non-hydrogen) atoms. The van der Waals surface area contributed by atoms with Gasteiger partial charge in [0.2, 0.25) is 0 Å². The van der Waals surface area contributed by atoms with Crippen LogP contribution in [0.4, 0.5) is 0 Å². The van der Waals surface area contributed by atoms with E-state index < -0.39 is 22.6 Å². The van der Waals surface area contributed by atoms with Crippen LogP contribution < -0.4 is 0 Å². The van der Waals surface area contributed by atoms with Gasteiger partial charge >= 0.3 is 23.1 Å². The van der Waals surface area contributed by atoms with Crippen molar-refractivity contribution in [2.75, 3.05) is 19.8 Å². The van der Waals surface area contributed by atoms with Crippen LogP contribution in [0.15, 0.2) is 0 Å². The Hall–Kier alpha value is 0.436. The zero-order chi connectivity index (χ0) is 13.8. The van der Waals surface area contributed by atoms with E-state index in [4.69, 9.17) is 43.1 Å². The maximum absolute atomic E-state index is 8.52. The zero-order valence-corrected chi connectivity index (χ0v) is 11.5. The van der Waals surface area contributed by atoms with E-state index in [0.29, 0.717) is 0 Å². The van der Waals surface area contributed by atoms with Crippen LogP contribution >= 0.6 is 0 Å². The molecule has 0 bridgehead atoms. The average Bonchev–Trinajstić information content (AvgIpc) is 2.15. The number of aliphatic hydroxyl groups is 5. The Morgan fingerprint density at radius 3 is 1.18 bits per heavy atom. The van der Waals surface area contributed by atoms with Crippen LogP contribution in [0.25, 0.3) is 0 Å². The molecule has 102 valence electrons. The van der Waals surface area contributed by atoms with Gasteiger partial charge in [0, 0.05) is 10.4 Å². The van der Waals surface area contributed by atoms with Gasteiger partial charge in [-0.25, -0.2) is 0 Å². The van der Waals surface area contributed by atoms with Gasteiger partial charge in [-0.2, -0.15) is 0 Å². The van der Waals surface area contributed by atoms with E-state index in [1.54, 1.807) is 0 Å². The molecular formula is C6H16MgO9S. The SMILES string of the molecule is CC(O)CO.O=S(=O)([O-])[O-].OCC(O)CO.[Mg+2]. The second-order valence-corrected chi connectivity index (χ2v) is 3.28. The number of rotatable bonds is 3. The summed E-state index contributed by atoms with van der Waals surface area (Å²) in [6.45, 7) is 0.660. The van der Waals surface area contributed by atoms with E-state index in [9.17, 15) is 0 Å². The van der Waals surface area contributed by atoms with E-state index in [-0.39, 0.29) is 42.9 Å². The number of hydrogen-bond donors (Lipinski definition) is 5. The minimum absolute atomic E-state index is 0. The largest absolute Gasteiger partial charge is 2.00 e. The summed E-state index contributed by atoms with van der Waals surface area (Å²) in [6.07, 6.45) is -1.51. The van der Waals surface area contributed by atoms with Crippen LogP contribution in [0.1, 0.15) is 6.92 Å². The summed E-state index contributed by atoms with van der Waals surface area (Å²) >= 11 is 0. The summed E-state index contributed by atoms with van der Waals surface area (Å²) in [6, 6.07) is 0. The molecule has 0 aliphatic heterocycles. The molecule has 9 nitrogen and oxygen atoms in total. The van der Waals surface area contributed by atoms with Gasteiger partial charge in [-0.3, -0.25) is 8.42 Å². The second kappa shape index (κ2) is 16.4. The first-order chi connectivity index (χ1) is 7.08. The van der Waals surface area contributed by atoms with Gasteiger partial charge in [0.1, 0.15) is 6.10 Å². The summed E-state index contributed by atoms with van der Waals surface area (Å²) < 4.78 is 34.1. The Morgan fingerprint density at radius 2 is 1.18 bits per heavy atom. The van der Waals surface area contributed by atoms with E-state index in [1.165, 1.54) is 6.92 Å². The topological polar surface area (TPSA) is 181 Å². The van der Waals surface area contributed by atoms with Crippen molar-refractivity contribution in [2.45, 2.75) is 19.1 Å². The van der Waals surface area contributed by atoms with E-state index in [1.807, 2.05) is 0 Å². The summed E-state index contributed by atoms with van der Waals surface area (Å²) in [7, 11) is -5.17. The zero-order valence-electron chi connectivity index (χ0n) is 9.26. The first-order valence-corrected chi connectivity index (χ1v) is 5.27. The smallest absolute Gasteiger partial charge is 0.759 e. The molecule has 0 aliphatic rings. The number of hydrogen-bond acceptors (Lipinski definition) is 9. The molecule has 0 aromatic carbocycles. The Bertz CT molecular complexity index is 206.